The van der Waals surface area contributed by atoms with Crippen LogP contribution in [0.1, 0.15) is 5.56 Å². The Labute approximate surface area is 88.0 Å². The van der Waals surface area contributed by atoms with Crippen LogP contribution in [0.15, 0.2) is 40.7 Å². The van der Waals surface area contributed by atoms with Gasteiger partial charge in [-0.15, -0.1) is 10.2 Å². The Morgan fingerprint density at radius 1 is 1.12 bits per heavy atom. The Morgan fingerprint density at radius 3 is 2.44 bits per heavy atom. The number of para-hydroxylation sites is 1. The van der Waals surface area contributed by atoms with Crippen LogP contribution >= 0.6 is 0 Å². The van der Waals surface area contributed by atoms with Gasteiger partial charge >= 0.3 is 11.8 Å². The summed E-state index contributed by atoms with van der Waals surface area (Å²) in [4.78, 5) is 2.79. The molecule has 0 atom stereocenters. The van der Waals surface area contributed by atoms with Gasteiger partial charge in [-0.25, -0.2) is 0 Å². The van der Waals surface area contributed by atoms with Gasteiger partial charge in [0.15, 0.2) is 0 Å². The van der Waals surface area contributed by atoms with Crippen LogP contribution in [0.3, 0.4) is 0 Å². The maximum Gasteiger partial charge on any atom is 0.442 e. The minimum absolute atomic E-state index is 0.0654. The third kappa shape index (κ3) is 1.04. The summed E-state index contributed by atoms with van der Waals surface area (Å²) in [5, 5.41) is 6.86. The number of nitrogens with one attached hydrogen (secondary N) is 1. The van der Waals surface area contributed by atoms with Crippen molar-refractivity contribution in [2.24, 2.45) is 10.2 Å². The fourth-order valence-electron chi connectivity index (χ4n) is 1.78. The second-order valence-corrected chi connectivity index (χ2v) is 3.62. The number of hydrogen-bond donors (Lipinski definition) is 1. The van der Waals surface area contributed by atoms with Gasteiger partial charge in [-0.3, -0.25) is 0 Å². The van der Waals surface area contributed by atoms with E-state index in [1.165, 1.54) is 6.20 Å². The highest BCUT2D eigenvalue weighted by atomic mass is 19.4. The zero-order valence-corrected chi connectivity index (χ0v) is 7.92. The van der Waals surface area contributed by atoms with Crippen molar-refractivity contribution in [3.63, 3.8) is 0 Å². The topological polar surface area (TPSA) is 40.5 Å². The van der Waals surface area contributed by atoms with Gasteiger partial charge in [0.05, 0.1) is 0 Å². The van der Waals surface area contributed by atoms with Gasteiger partial charge in [-0.05, 0) is 6.07 Å². The van der Waals surface area contributed by atoms with Crippen molar-refractivity contribution in [3.05, 3.63) is 36.0 Å². The summed E-state index contributed by atoms with van der Waals surface area (Å²) in [5.74, 6) is 0. The molecule has 0 saturated carbocycles. The number of fused-ring (bicyclic) bond motifs is 1. The first kappa shape index (κ1) is 9.38. The zero-order chi connectivity index (χ0) is 11.4. The average Bonchev–Trinajstić information content (AvgIpc) is 2.93. The third-order valence-corrected chi connectivity index (χ3v) is 2.66. The maximum absolute atomic E-state index is 12.8. The molecule has 1 aromatic carbocycles. The van der Waals surface area contributed by atoms with Crippen LogP contribution in [-0.2, 0) is 5.66 Å². The summed E-state index contributed by atoms with van der Waals surface area (Å²) >= 11 is 0. The van der Waals surface area contributed by atoms with E-state index in [2.05, 4.69) is 15.2 Å². The molecule has 16 heavy (non-hydrogen) atoms. The average molecular weight is 225 g/mol. The summed E-state index contributed by atoms with van der Waals surface area (Å²) < 4.78 is 38.4. The number of aromatic nitrogens is 1. The lowest BCUT2D eigenvalue weighted by atomic mass is 10.0. The molecule has 0 unspecified atom stereocenters. The highest BCUT2D eigenvalue weighted by Gasteiger charge is 2.66. The molecule has 0 spiro atoms. The van der Waals surface area contributed by atoms with Crippen molar-refractivity contribution in [3.8, 4) is 0 Å². The molecule has 82 valence electrons. The number of H-pyrrole nitrogens is 1. The molecule has 0 amide bonds. The molecule has 0 aliphatic carbocycles. The van der Waals surface area contributed by atoms with E-state index in [0.717, 1.165) is 0 Å². The minimum atomic E-state index is -4.47. The molecule has 0 fully saturated rings. The van der Waals surface area contributed by atoms with E-state index in [1.54, 1.807) is 24.3 Å². The molecule has 1 N–H and O–H groups in total. The van der Waals surface area contributed by atoms with E-state index in [4.69, 9.17) is 0 Å². The molecule has 0 radical (unpaired) electrons. The lowest BCUT2D eigenvalue weighted by molar-refractivity contribution is -0.165. The second-order valence-electron chi connectivity index (χ2n) is 3.62. The Hall–Kier alpha value is -1.85. The summed E-state index contributed by atoms with van der Waals surface area (Å²) in [6, 6.07) is 6.78. The Balaban J connectivity index is 2.21. The fraction of sp³-hybridized carbons (Fsp3) is 0.200. The molecule has 2 heterocycles. The molecular weight excluding hydrogens is 219 g/mol. The van der Waals surface area contributed by atoms with Crippen molar-refractivity contribution in [2.45, 2.75) is 11.8 Å². The lowest BCUT2D eigenvalue weighted by Crippen LogP contribution is -2.29. The molecule has 0 bridgehead atoms. The normalized spacial score (nSPS) is 17.9. The lowest BCUT2D eigenvalue weighted by Gasteiger charge is -2.13. The highest BCUT2D eigenvalue weighted by Crippen LogP contribution is 2.53. The van der Waals surface area contributed by atoms with E-state index in [0.29, 0.717) is 10.9 Å². The first-order valence-electron chi connectivity index (χ1n) is 4.62. The summed E-state index contributed by atoms with van der Waals surface area (Å²) in [7, 11) is 0. The number of alkyl halides is 3. The predicted octanol–water partition coefficient (Wildman–Crippen LogP) is 3.35. The van der Waals surface area contributed by atoms with E-state index < -0.39 is 11.8 Å². The van der Waals surface area contributed by atoms with E-state index in [1.807, 2.05) is 0 Å². The third-order valence-electron chi connectivity index (χ3n) is 2.66. The number of rotatable bonds is 1. The monoisotopic (exact) mass is 225 g/mol. The van der Waals surface area contributed by atoms with Crippen molar-refractivity contribution in [2.75, 3.05) is 0 Å². The van der Waals surface area contributed by atoms with Gasteiger partial charge in [0.25, 0.3) is 0 Å². The SMILES string of the molecule is FC(F)(F)C1(c2c[nH]c3ccccc23)N=N1. The summed E-state index contributed by atoms with van der Waals surface area (Å²) in [5.41, 5.74) is -1.62. The largest absolute Gasteiger partial charge is 0.442 e. The highest BCUT2D eigenvalue weighted by molar-refractivity contribution is 5.84. The van der Waals surface area contributed by atoms with Crippen molar-refractivity contribution < 1.29 is 13.2 Å². The Morgan fingerprint density at radius 2 is 1.81 bits per heavy atom. The molecule has 1 aliphatic heterocycles. The smallest absolute Gasteiger partial charge is 0.361 e. The molecule has 0 saturated heterocycles. The van der Waals surface area contributed by atoms with Crippen molar-refractivity contribution >= 4 is 10.9 Å². The molecule has 1 aliphatic rings. The van der Waals surface area contributed by atoms with Crippen LogP contribution in [0.5, 0.6) is 0 Å². The van der Waals surface area contributed by atoms with E-state index >= 15 is 0 Å². The minimum Gasteiger partial charge on any atom is -0.361 e. The van der Waals surface area contributed by atoms with Crippen LogP contribution in [-0.4, -0.2) is 11.2 Å². The van der Waals surface area contributed by atoms with Gasteiger partial charge in [-0.2, -0.15) is 13.2 Å². The van der Waals surface area contributed by atoms with Crippen LogP contribution in [0.2, 0.25) is 0 Å². The Bertz CT molecular complexity index is 576. The maximum atomic E-state index is 12.8. The van der Waals surface area contributed by atoms with Crippen LogP contribution < -0.4 is 0 Å². The first-order chi connectivity index (χ1) is 7.55. The number of nitrogens with zero attached hydrogens (tertiary/aromatic N) is 2. The predicted molar refractivity (Wildman–Crippen MR) is 50.9 cm³/mol. The standard InChI is InChI=1S/C10H6F3N3/c11-10(12,13)9(15-16-9)7-5-14-8-4-2-1-3-6(7)8/h1-5,14H. The van der Waals surface area contributed by atoms with Gasteiger partial charge in [0.2, 0.25) is 0 Å². The molecule has 6 heteroatoms. The summed E-state index contributed by atoms with van der Waals surface area (Å²) in [6.07, 6.45) is -3.16. The fourth-order valence-corrected chi connectivity index (χ4v) is 1.78. The number of aromatic amines is 1. The first-order valence-corrected chi connectivity index (χ1v) is 4.62. The quantitative estimate of drug-likeness (QED) is 0.773. The van der Waals surface area contributed by atoms with Crippen LogP contribution in [0.4, 0.5) is 13.2 Å². The zero-order valence-electron chi connectivity index (χ0n) is 7.92. The van der Waals surface area contributed by atoms with Gasteiger partial charge < -0.3 is 4.98 Å². The summed E-state index contributed by atoms with van der Waals surface area (Å²) in [6.45, 7) is 0. The molecule has 2 aromatic rings. The Kier molecular flexibility index (Phi) is 1.54. The molecular formula is C10H6F3N3. The number of benzene rings is 1. The molecule has 3 nitrogen and oxygen atoms in total. The number of halogens is 3. The van der Waals surface area contributed by atoms with Gasteiger partial charge in [0, 0.05) is 22.7 Å². The van der Waals surface area contributed by atoms with Crippen molar-refractivity contribution in [1.29, 1.82) is 0 Å². The van der Waals surface area contributed by atoms with Crippen LogP contribution in [0.25, 0.3) is 10.9 Å². The van der Waals surface area contributed by atoms with Gasteiger partial charge in [0.1, 0.15) is 0 Å². The van der Waals surface area contributed by atoms with E-state index in [9.17, 15) is 13.2 Å². The second kappa shape index (κ2) is 2.63. The van der Waals surface area contributed by atoms with Crippen LogP contribution in [0, 0.1) is 0 Å². The molecule has 3 rings (SSSR count). The van der Waals surface area contributed by atoms with Crippen molar-refractivity contribution in [1.82, 2.24) is 4.98 Å². The van der Waals surface area contributed by atoms with Gasteiger partial charge in [-0.1, -0.05) is 18.2 Å². The molecule has 1 aromatic heterocycles. The number of hydrogen-bond acceptors (Lipinski definition) is 2. The van der Waals surface area contributed by atoms with E-state index in [-0.39, 0.29) is 5.56 Å².